The molecule has 0 heterocycles. The lowest BCUT2D eigenvalue weighted by Gasteiger charge is -2.33. The van der Waals surface area contributed by atoms with Crippen LogP contribution in [0.1, 0.15) is 40.5 Å². The molecule has 6 heteroatoms. The maximum Gasteiger partial charge on any atom is 0.241 e. The van der Waals surface area contributed by atoms with Gasteiger partial charge in [-0.2, -0.15) is 0 Å². The van der Waals surface area contributed by atoms with E-state index in [2.05, 4.69) is 21.2 Å². The number of carbonyl (C=O) groups is 1. The average molecular weight is 328 g/mol. The van der Waals surface area contributed by atoms with E-state index in [9.17, 15) is 13.2 Å². The van der Waals surface area contributed by atoms with E-state index in [0.29, 0.717) is 0 Å². The van der Waals surface area contributed by atoms with Gasteiger partial charge in [0.2, 0.25) is 5.91 Å². The van der Waals surface area contributed by atoms with E-state index in [0.717, 1.165) is 24.4 Å². The molecule has 0 bridgehead atoms. The number of amides is 1. The van der Waals surface area contributed by atoms with E-state index < -0.39 is 20.5 Å². The standard InChI is InChI=1S/C11H22BrNO3S/c1-6-11(4,7-8-12)13-9(14)10(2,3)17(5,15)16/h6-8H2,1-5H3,(H,13,14). The zero-order chi connectivity index (χ0) is 13.9. The maximum absolute atomic E-state index is 12.1. The van der Waals surface area contributed by atoms with Crippen molar-refractivity contribution in [2.75, 3.05) is 11.6 Å². The molecule has 1 atom stereocenters. The molecular formula is C11H22BrNO3S. The average Bonchev–Trinajstić information content (AvgIpc) is 2.16. The number of hydrogen-bond donors (Lipinski definition) is 1. The van der Waals surface area contributed by atoms with Gasteiger partial charge in [-0.25, -0.2) is 8.42 Å². The molecule has 0 aliphatic carbocycles. The van der Waals surface area contributed by atoms with Crippen LogP contribution >= 0.6 is 15.9 Å². The molecule has 0 spiro atoms. The number of rotatable bonds is 6. The molecule has 4 nitrogen and oxygen atoms in total. The molecule has 0 saturated carbocycles. The summed E-state index contributed by atoms with van der Waals surface area (Å²) >= 11 is 3.34. The molecule has 1 unspecified atom stereocenters. The first-order valence-corrected chi connectivity index (χ1v) is 8.59. The summed E-state index contributed by atoms with van der Waals surface area (Å²) in [6.07, 6.45) is 2.60. The Hall–Kier alpha value is -0.100. The minimum Gasteiger partial charge on any atom is -0.350 e. The van der Waals surface area contributed by atoms with Gasteiger partial charge in [0.1, 0.15) is 4.75 Å². The van der Waals surface area contributed by atoms with Crippen LogP contribution in [0, 0.1) is 0 Å². The van der Waals surface area contributed by atoms with Gasteiger partial charge in [0.15, 0.2) is 9.84 Å². The summed E-state index contributed by atoms with van der Waals surface area (Å²) in [4.78, 5) is 12.1. The van der Waals surface area contributed by atoms with Crippen LogP contribution in [0.25, 0.3) is 0 Å². The SMILES string of the molecule is CCC(C)(CCBr)NC(=O)C(C)(C)S(C)(=O)=O. The Labute approximate surface area is 113 Å². The van der Waals surface area contributed by atoms with Gasteiger partial charge in [-0.05, 0) is 33.6 Å². The van der Waals surface area contributed by atoms with Crippen molar-refractivity contribution >= 4 is 31.7 Å². The third-order valence-electron chi connectivity index (χ3n) is 3.32. The normalized spacial score (nSPS) is 16.4. The fourth-order valence-corrected chi connectivity index (χ4v) is 2.39. The monoisotopic (exact) mass is 327 g/mol. The number of hydrogen-bond acceptors (Lipinski definition) is 3. The summed E-state index contributed by atoms with van der Waals surface area (Å²) in [5.74, 6) is -0.440. The van der Waals surface area contributed by atoms with Gasteiger partial charge >= 0.3 is 0 Å². The molecule has 1 amide bonds. The van der Waals surface area contributed by atoms with E-state index in [4.69, 9.17) is 0 Å². The summed E-state index contributed by atoms with van der Waals surface area (Å²) < 4.78 is 21.7. The zero-order valence-corrected chi connectivity index (χ0v) is 13.5. The Morgan fingerprint density at radius 3 is 2.06 bits per heavy atom. The summed E-state index contributed by atoms with van der Waals surface area (Å²) in [6, 6.07) is 0. The molecule has 0 aliphatic rings. The summed E-state index contributed by atoms with van der Waals surface area (Å²) in [6.45, 7) is 6.75. The Morgan fingerprint density at radius 1 is 1.29 bits per heavy atom. The van der Waals surface area contributed by atoms with Crippen molar-refractivity contribution in [1.82, 2.24) is 5.32 Å². The van der Waals surface area contributed by atoms with Gasteiger partial charge in [0.25, 0.3) is 0 Å². The summed E-state index contributed by atoms with van der Waals surface area (Å²) in [5, 5.41) is 3.60. The number of nitrogens with one attached hydrogen (secondary N) is 1. The second-order valence-electron chi connectivity index (χ2n) is 5.09. The fourth-order valence-electron chi connectivity index (χ4n) is 1.13. The number of sulfone groups is 1. The highest BCUT2D eigenvalue weighted by Crippen LogP contribution is 2.21. The number of alkyl halides is 1. The van der Waals surface area contributed by atoms with Crippen LogP contribution < -0.4 is 5.32 Å². The first kappa shape index (κ1) is 16.9. The number of carbonyl (C=O) groups excluding carboxylic acids is 1. The van der Waals surface area contributed by atoms with Gasteiger partial charge in [0, 0.05) is 17.1 Å². The van der Waals surface area contributed by atoms with Gasteiger partial charge in [-0.1, -0.05) is 22.9 Å². The Balaban J connectivity index is 4.98. The molecule has 0 aromatic carbocycles. The van der Waals surface area contributed by atoms with Crippen LogP contribution in [0.4, 0.5) is 0 Å². The van der Waals surface area contributed by atoms with Crippen molar-refractivity contribution in [3.8, 4) is 0 Å². The van der Waals surface area contributed by atoms with Gasteiger partial charge in [-0.3, -0.25) is 4.79 Å². The fraction of sp³-hybridized carbons (Fsp3) is 0.909. The smallest absolute Gasteiger partial charge is 0.241 e. The third kappa shape index (κ3) is 4.25. The third-order valence-corrected chi connectivity index (χ3v) is 5.75. The summed E-state index contributed by atoms with van der Waals surface area (Å²) in [7, 11) is -3.42. The molecule has 17 heavy (non-hydrogen) atoms. The van der Waals surface area contributed by atoms with E-state index in [1.165, 1.54) is 13.8 Å². The Kier molecular flexibility index (Phi) is 5.66. The lowest BCUT2D eigenvalue weighted by atomic mass is 9.94. The quantitative estimate of drug-likeness (QED) is 0.757. The van der Waals surface area contributed by atoms with Crippen molar-refractivity contribution in [3.05, 3.63) is 0 Å². The van der Waals surface area contributed by atoms with Crippen LogP contribution in [0.2, 0.25) is 0 Å². The topological polar surface area (TPSA) is 63.2 Å². The highest BCUT2D eigenvalue weighted by Gasteiger charge is 2.40. The minimum atomic E-state index is -3.42. The summed E-state index contributed by atoms with van der Waals surface area (Å²) in [5.41, 5.74) is -0.372. The second kappa shape index (κ2) is 5.69. The van der Waals surface area contributed by atoms with Crippen LogP contribution in [0.5, 0.6) is 0 Å². The van der Waals surface area contributed by atoms with Crippen LogP contribution in [-0.4, -0.2) is 36.2 Å². The van der Waals surface area contributed by atoms with Crippen LogP contribution in [0.3, 0.4) is 0 Å². The second-order valence-corrected chi connectivity index (χ2v) is 8.45. The largest absolute Gasteiger partial charge is 0.350 e. The Morgan fingerprint density at radius 2 is 1.76 bits per heavy atom. The van der Waals surface area contributed by atoms with Gasteiger partial charge in [0.05, 0.1) is 0 Å². The molecule has 1 N–H and O–H groups in total. The molecule has 0 aromatic heterocycles. The molecule has 102 valence electrons. The van der Waals surface area contributed by atoms with Crippen molar-refractivity contribution < 1.29 is 13.2 Å². The Bertz CT molecular complexity index is 378. The van der Waals surface area contributed by atoms with Gasteiger partial charge in [-0.15, -0.1) is 0 Å². The maximum atomic E-state index is 12.1. The van der Waals surface area contributed by atoms with Crippen molar-refractivity contribution in [3.63, 3.8) is 0 Å². The van der Waals surface area contributed by atoms with Crippen molar-refractivity contribution in [2.45, 2.75) is 50.8 Å². The number of halogens is 1. The molecule has 0 fully saturated rings. The molecule has 0 rings (SSSR count). The van der Waals surface area contributed by atoms with Crippen LogP contribution in [-0.2, 0) is 14.6 Å². The van der Waals surface area contributed by atoms with E-state index in [-0.39, 0.29) is 5.54 Å². The molecule has 0 aromatic rings. The molecule has 0 aliphatic heterocycles. The minimum absolute atomic E-state index is 0.372. The molecule has 0 radical (unpaired) electrons. The first-order chi connectivity index (χ1) is 7.50. The lowest BCUT2D eigenvalue weighted by Crippen LogP contribution is -2.55. The van der Waals surface area contributed by atoms with E-state index in [1.807, 2.05) is 13.8 Å². The highest BCUT2D eigenvalue weighted by atomic mass is 79.9. The molecular weight excluding hydrogens is 306 g/mol. The predicted octanol–water partition coefficient (Wildman–Crippen LogP) is 1.88. The zero-order valence-electron chi connectivity index (χ0n) is 11.1. The van der Waals surface area contributed by atoms with Crippen LogP contribution in [0.15, 0.2) is 0 Å². The van der Waals surface area contributed by atoms with Crippen molar-refractivity contribution in [1.29, 1.82) is 0 Å². The van der Waals surface area contributed by atoms with E-state index >= 15 is 0 Å². The lowest BCUT2D eigenvalue weighted by molar-refractivity contribution is -0.124. The predicted molar refractivity (Wildman–Crippen MR) is 74.2 cm³/mol. The first-order valence-electron chi connectivity index (χ1n) is 5.58. The van der Waals surface area contributed by atoms with Crippen molar-refractivity contribution in [2.24, 2.45) is 0 Å². The van der Waals surface area contributed by atoms with E-state index in [1.54, 1.807) is 0 Å². The van der Waals surface area contributed by atoms with Gasteiger partial charge < -0.3 is 5.32 Å². The highest BCUT2D eigenvalue weighted by molar-refractivity contribution is 9.09. The molecule has 0 saturated heterocycles.